The number of rotatable bonds is 8. The van der Waals surface area contributed by atoms with Gasteiger partial charge < -0.3 is 16.0 Å². The number of hydrogen-bond donors (Lipinski definition) is 3. The van der Waals surface area contributed by atoms with Gasteiger partial charge >= 0.3 is 6.03 Å². The molecule has 0 bridgehead atoms. The molecule has 0 saturated heterocycles. The van der Waals surface area contributed by atoms with E-state index >= 15 is 0 Å². The minimum Gasteiger partial charge on any atom is -0.352 e. The van der Waals surface area contributed by atoms with Gasteiger partial charge in [-0.3, -0.25) is 9.78 Å². The summed E-state index contributed by atoms with van der Waals surface area (Å²) >= 11 is 12.1. The molecule has 0 spiro atoms. The van der Waals surface area contributed by atoms with Gasteiger partial charge in [0.25, 0.3) is 0 Å². The van der Waals surface area contributed by atoms with Crippen molar-refractivity contribution in [2.24, 2.45) is 5.92 Å². The van der Waals surface area contributed by atoms with Crippen molar-refractivity contribution in [1.82, 2.24) is 15.6 Å². The topological polar surface area (TPSA) is 83.1 Å². The molecule has 6 nitrogen and oxygen atoms in total. The second kappa shape index (κ2) is 11.5. The maximum absolute atomic E-state index is 12.5. The molecule has 8 heteroatoms. The highest BCUT2D eigenvalue weighted by molar-refractivity contribution is 6.35. The fourth-order valence-electron chi connectivity index (χ4n) is 3.09. The van der Waals surface area contributed by atoms with Crippen molar-refractivity contribution in [3.8, 4) is 0 Å². The Morgan fingerprint density at radius 2 is 1.69 bits per heavy atom. The first-order valence-corrected chi connectivity index (χ1v) is 10.9. The van der Waals surface area contributed by atoms with E-state index in [1.807, 2.05) is 43.3 Å². The van der Waals surface area contributed by atoms with Crippen LogP contribution in [-0.2, 0) is 24.3 Å². The molecule has 3 aromatic rings. The van der Waals surface area contributed by atoms with E-state index in [0.29, 0.717) is 35.2 Å². The number of aromatic nitrogens is 1. The Hall–Kier alpha value is -3.09. The summed E-state index contributed by atoms with van der Waals surface area (Å²) in [5.41, 5.74) is 3.36. The first-order chi connectivity index (χ1) is 15.4. The van der Waals surface area contributed by atoms with Crippen LogP contribution in [0.15, 0.2) is 67.0 Å². The van der Waals surface area contributed by atoms with Crippen LogP contribution in [0.2, 0.25) is 10.0 Å². The monoisotopic (exact) mass is 470 g/mol. The average Bonchev–Trinajstić information content (AvgIpc) is 2.79. The van der Waals surface area contributed by atoms with Crippen molar-refractivity contribution in [3.05, 3.63) is 93.7 Å². The van der Waals surface area contributed by atoms with Crippen LogP contribution >= 0.6 is 23.2 Å². The Morgan fingerprint density at radius 3 is 2.44 bits per heavy atom. The second-order valence-electron chi connectivity index (χ2n) is 7.42. The van der Waals surface area contributed by atoms with Gasteiger partial charge in [0.1, 0.15) is 0 Å². The zero-order chi connectivity index (χ0) is 22.9. The van der Waals surface area contributed by atoms with Crippen LogP contribution in [0.3, 0.4) is 0 Å². The molecule has 1 atom stereocenters. The molecule has 0 fully saturated rings. The van der Waals surface area contributed by atoms with Crippen molar-refractivity contribution in [2.75, 3.05) is 5.32 Å². The van der Waals surface area contributed by atoms with Crippen LogP contribution in [-0.4, -0.2) is 16.9 Å². The van der Waals surface area contributed by atoms with E-state index in [4.69, 9.17) is 23.2 Å². The van der Waals surface area contributed by atoms with Gasteiger partial charge in [-0.05, 0) is 59.5 Å². The van der Waals surface area contributed by atoms with Crippen LogP contribution in [0.25, 0.3) is 0 Å². The van der Waals surface area contributed by atoms with E-state index in [1.165, 1.54) is 0 Å². The predicted octanol–water partition coefficient (Wildman–Crippen LogP) is 5.21. The molecule has 32 heavy (non-hydrogen) atoms. The largest absolute Gasteiger partial charge is 0.352 e. The van der Waals surface area contributed by atoms with Crippen molar-refractivity contribution in [2.45, 2.75) is 26.4 Å². The summed E-state index contributed by atoms with van der Waals surface area (Å²) < 4.78 is 0. The van der Waals surface area contributed by atoms with Gasteiger partial charge in [-0.1, -0.05) is 48.3 Å². The summed E-state index contributed by atoms with van der Waals surface area (Å²) in [6.45, 7) is 2.61. The molecule has 3 N–H and O–H groups in total. The Bertz CT molecular complexity index is 1080. The lowest BCUT2D eigenvalue weighted by molar-refractivity contribution is -0.124. The number of hydrogen-bond acceptors (Lipinski definition) is 3. The van der Waals surface area contributed by atoms with Crippen molar-refractivity contribution in [1.29, 1.82) is 0 Å². The summed E-state index contributed by atoms with van der Waals surface area (Å²) in [6, 6.07) is 16.0. The van der Waals surface area contributed by atoms with E-state index < -0.39 is 0 Å². The SMILES string of the molecule is CC(Cc1ccc(Cl)cc1Cl)C(=O)NCc1cccc(NC(=O)NCc2ccncc2)c1. The van der Waals surface area contributed by atoms with E-state index in [-0.39, 0.29) is 17.9 Å². The number of anilines is 1. The average molecular weight is 471 g/mol. The third-order valence-corrected chi connectivity index (χ3v) is 5.43. The van der Waals surface area contributed by atoms with Crippen LogP contribution < -0.4 is 16.0 Å². The van der Waals surface area contributed by atoms with Gasteiger partial charge in [-0.15, -0.1) is 0 Å². The molecule has 2 aromatic carbocycles. The van der Waals surface area contributed by atoms with Crippen LogP contribution in [0.4, 0.5) is 10.5 Å². The van der Waals surface area contributed by atoms with E-state index in [0.717, 1.165) is 16.7 Å². The second-order valence-corrected chi connectivity index (χ2v) is 8.27. The number of halogens is 2. The van der Waals surface area contributed by atoms with Crippen molar-refractivity contribution < 1.29 is 9.59 Å². The number of urea groups is 1. The highest BCUT2D eigenvalue weighted by atomic mass is 35.5. The predicted molar refractivity (Wildman–Crippen MR) is 128 cm³/mol. The Labute approximate surface area is 197 Å². The van der Waals surface area contributed by atoms with Gasteiger partial charge in [0.05, 0.1) is 0 Å². The standard InChI is InChI=1S/C24H24Cl2N4O2/c1-16(11-19-5-6-20(25)13-22(19)26)23(31)28-15-18-3-2-4-21(12-18)30-24(32)29-14-17-7-9-27-10-8-17/h2-10,12-13,16H,11,14-15H2,1H3,(H,28,31)(H2,29,30,32). The summed E-state index contributed by atoms with van der Waals surface area (Å²) in [7, 11) is 0. The van der Waals surface area contributed by atoms with Crippen molar-refractivity contribution >= 4 is 40.8 Å². The summed E-state index contributed by atoms with van der Waals surface area (Å²) in [6.07, 6.45) is 3.87. The third kappa shape index (κ3) is 7.25. The highest BCUT2D eigenvalue weighted by Crippen LogP contribution is 2.23. The van der Waals surface area contributed by atoms with E-state index in [1.54, 1.807) is 30.6 Å². The molecule has 0 aliphatic heterocycles. The number of pyridine rings is 1. The number of carbonyl (C=O) groups is 2. The molecule has 1 aromatic heterocycles. The van der Waals surface area contributed by atoms with Gasteiger partial charge in [-0.25, -0.2) is 4.79 Å². The van der Waals surface area contributed by atoms with Crippen molar-refractivity contribution in [3.63, 3.8) is 0 Å². The number of nitrogens with one attached hydrogen (secondary N) is 3. The minimum absolute atomic E-state index is 0.0792. The number of amides is 3. The highest BCUT2D eigenvalue weighted by Gasteiger charge is 2.15. The van der Waals surface area contributed by atoms with Crippen LogP contribution in [0.1, 0.15) is 23.6 Å². The maximum Gasteiger partial charge on any atom is 0.319 e. The lowest BCUT2D eigenvalue weighted by atomic mass is 10.00. The molecule has 0 radical (unpaired) electrons. The van der Waals surface area contributed by atoms with Gasteiger partial charge in [0.2, 0.25) is 5.91 Å². The first kappa shape index (κ1) is 23.6. The molecule has 0 aliphatic rings. The Morgan fingerprint density at radius 1 is 0.938 bits per heavy atom. The molecule has 1 heterocycles. The summed E-state index contributed by atoms with van der Waals surface area (Å²) in [5, 5.41) is 9.65. The lowest BCUT2D eigenvalue weighted by Gasteiger charge is -2.14. The molecular weight excluding hydrogens is 447 g/mol. The summed E-state index contributed by atoms with van der Waals surface area (Å²) in [4.78, 5) is 28.6. The fourth-order valence-corrected chi connectivity index (χ4v) is 3.58. The number of carbonyl (C=O) groups excluding carboxylic acids is 2. The summed E-state index contributed by atoms with van der Waals surface area (Å²) in [5.74, 6) is -0.335. The first-order valence-electron chi connectivity index (χ1n) is 10.1. The molecule has 3 amide bonds. The molecule has 0 aliphatic carbocycles. The number of nitrogens with zero attached hydrogens (tertiary/aromatic N) is 1. The smallest absolute Gasteiger partial charge is 0.319 e. The quantitative estimate of drug-likeness (QED) is 0.422. The number of benzene rings is 2. The van der Waals surface area contributed by atoms with Crippen LogP contribution in [0.5, 0.6) is 0 Å². The van der Waals surface area contributed by atoms with E-state index in [2.05, 4.69) is 20.9 Å². The minimum atomic E-state index is -0.309. The fraction of sp³-hybridized carbons (Fsp3) is 0.208. The third-order valence-electron chi connectivity index (χ3n) is 4.84. The molecule has 3 rings (SSSR count). The van der Waals surface area contributed by atoms with Gasteiger partial charge in [0.15, 0.2) is 0 Å². The zero-order valence-electron chi connectivity index (χ0n) is 17.6. The lowest BCUT2D eigenvalue weighted by Crippen LogP contribution is -2.30. The van der Waals surface area contributed by atoms with E-state index in [9.17, 15) is 9.59 Å². The molecule has 1 unspecified atom stereocenters. The molecule has 0 saturated carbocycles. The maximum atomic E-state index is 12.5. The molecule has 166 valence electrons. The van der Waals surface area contributed by atoms with Gasteiger partial charge in [0, 0.05) is 47.1 Å². The zero-order valence-corrected chi connectivity index (χ0v) is 19.1. The Kier molecular flexibility index (Phi) is 8.48. The van der Waals surface area contributed by atoms with Gasteiger partial charge in [-0.2, -0.15) is 0 Å². The Balaban J connectivity index is 1.48. The van der Waals surface area contributed by atoms with Crippen LogP contribution in [0, 0.1) is 5.92 Å². The molecular formula is C24H24Cl2N4O2. The normalized spacial score (nSPS) is 11.5.